The van der Waals surface area contributed by atoms with Crippen LogP contribution in [0.25, 0.3) is 16.9 Å². The number of rotatable bonds is 7. The molecule has 4 aromatic rings. The Bertz CT molecular complexity index is 1260. The highest BCUT2D eigenvalue weighted by Gasteiger charge is 2.26. The van der Waals surface area contributed by atoms with E-state index >= 15 is 0 Å². The molecule has 31 heavy (non-hydrogen) atoms. The van der Waals surface area contributed by atoms with Crippen LogP contribution >= 0.6 is 0 Å². The lowest BCUT2D eigenvalue weighted by Crippen LogP contribution is -2.20. The van der Waals surface area contributed by atoms with E-state index in [1.807, 2.05) is 30.3 Å². The van der Waals surface area contributed by atoms with E-state index in [9.17, 15) is 9.59 Å². The number of ketones is 1. The Balaban J connectivity index is 1.38. The van der Waals surface area contributed by atoms with Crippen molar-refractivity contribution in [2.45, 2.75) is 26.8 Å². The van der Waals surface area contributed by atoms with Crippen molar-refractivity contribution in [3.05, 3.63) is 59.9 Å². The number of carbonyl (C=O) groups is 2. The molecule has 0 bridgehead atoms. The molecule has 0 atom stereocenters. The smallest absolute Gasteiger partial charge is 0.379 e. The zero-order chi connectivity index (χ0) is 22.0. The lowest BCUT2D eigenvalue weighted by molar-refractivity contribution is -0.138. The van der Waals surface area contributed by atoms with Gasteiger partial charge in [-0.2, -0.15) is 5.10 Å². The molecule has 0 aliphatic rings. The fourth-order valence-electron chi connectivity index (χ4n) is 3.42. The summed E-state index contributed by atoms with van der Waals surface area (Å²) in [7, 11) is 0. The van der Waals surface area contributed by atoms with Crippen molar-refractivity contribution < 1.29 is 14.3 Å². The van der Waals surface area contributed by atoms with Gasteiger partial charge in [-0.15, -0.1) is 0 Å². The average Bonchev–Trinajstić information content (AvgIpc) is 3.32. The molecule has 3 aromatic heterocycles. The van der Waals surface area contributed by atoms with Crippen LogP contribution in [0.5, 0.6) is 0 Å². The lowest BCUT2D eigenvalue weighted by Gasteiger charge is -2.07. The number of aryl methyl sites for hydroxylation is 2. The summed E-state index contributed by atoms with van der Waals surface area (Å²) >= 11 is 0. The zero-order valence-electron chi connectivity index (χ0n) is 17.1. The number of anilines is 1. The topological polar surface area (TPSA) is 131 Å². The minimum Gasteiger partial charge on any atom is -0.460 e. The van der Waals surface area contributed by atoms with Crippen molar-refractivity contribution >= 4 is 28.7 Å². The second-order valence-electron chi connectivity index (χ2n) is 6.98. The van der Waals surface area contributed by atoms with Crippen molar-refractivity contribution in [1.82, 2.24) is 29.3 Å². The Labute approximate surface area is 177 Å². The van der Waals surface area contributed by atoms with E-state index in [0.717, 1.165) is 5.69 Å². The third kappa shape index (κ3) is 3.87. The van der Waals surface area contributed by atoms with E-state index < -0.39 is 11.8 Å². The summed E-state index contributed by atoms with van der Waals surface area (Å²) in [4.78, 5) is 37.3. The van der Waals surface area contributed by atoms with Gasteiger partial charge in [0.05, 0.1) is 35.6 Å². The molecule has 3 heterocycles. The molecule has 4 rings (SSSR count). The molecule has 0 saturated heterocycles. The predicted octanol–water partition coefficient (Wildman–Crippen LogP) is 2.03. The third-order valence-electron chi connectivity index (χ3n) is 4.91. The van der Waals surface area contributed by atoms with Crippen LogP contribution in [-0.2, 0) is 16.1 Å². The number of esters is 1. The molecule has 0 amide bonds. The number of fused-ring (bicyclic) bond motifs is 1. The number of benzene rings is 1. The minimum atomic E-state index is -0.902. The first-order chi connectivity index (χ1) is 15.0. The van der Waals surface area contributed by atoms with E-state index in [-0.39, 0.29) is 12.2 Å². The van der Waals surface area contributed by atoms with Gasteiger partial charge in [0, 0.05) is 6.54 Å². The molecule has 10 heteroatoms. The highest BCUT2D eigenvalue weighted by Crippen LogP contribution is 2.19. The summed E-state index contributed by atoms with van der Waals surface area (Å²) in [5.74, 6) is -1.30. The van der Waals surface area contributed by atoms with Crippen molar-refractivity contribution in [2.75, 3.05) is 12.3 Å². The summed E-state index contributed by atoms with van der Waals surface area (Å²) in [6.45, 7) is 4.03. The van der Waals surface area contributed by atoms with Gasteiger partial charge in [-0.05, 0) is 32.4 Å². The van der Waals surface area contributed by atoms with Crippen LogP contribution in [0.1, 0.15) is 28.2 Å². The fourth-order valence-corrected chi connectivity index (χ4v) is 3.42. The van der Waals surface area contributed by atoms with Crippen molar-refractivity contribution in [1.29, 1.82) is 0 Å². The summed E-state index contributed by atoms with van der Waals surface area (Å²) in [5, 5.41) is 4.41. The molecular formula is C21H21N7O3. The SMILES string of the molecule is Cc1nn(-c2ccccc2)c(C)c1C(=O)C(=O)OCCCn1cnc2c(N)ncnc21. The Morgan fingerprint density at radius 1 is 1.10 bits per heavy atom. The van der Waals surface area contributed by atoms with Crippen LogP contribution in [0, 0.1) is 13.8 Å². The minimum absolute atomic E-state index is 0.0791. The summed E-state index contributed by atoms with van der Waals surface area (Å²) in [6, 6.07) is 9.42. The molecule has 0 spiro atoms. The molecular weight excluding hydrogens is 398 g/mol. The first-order valence-electron chi connectivity index (χ1n) is 9.71. The number of aromatic nitrogens is 6. The van der Waals surface area contributed by atoms with E-state index in [0.29, 0.717) is 41.3 Å². The van der Waals surface area contributed by atoms with E-state index in [1.54, 1.807) is 29.4 Å². The molecule has 0 saturated carbocycles. The highest BCUT2D eigenvalue weighted by atomic mass is 16.5. The van der Waals surface area contributed by atoms with Gasteiger partial charge in [-0.25, -0.2) is 24.4 Å². The zero-order valence-corrected chi connectivity index (χ0v) is 17.1. The number of nitrogen functional groups attached to an aromatic ring is 1. The normalized spacial score (nSPS) is 11.0. The Kier molecular flexibility index (Phi) is 5.44. The number of nitrogens with two attached hydrogens (primary N) is 1. The Morgan fingerprint density at radius 3 is 2.65 bits per heavy atom. The summed E-state index contributed by atoms with van der Waals surface area (Å²) in [5.41, 5.74) is 9.05. The first-order valence-corrected chi connectivity index (χ1v) is 9.71. The summed E-state index contributed by atoms with van der Waals surface area (Å²) < 4.78 is 8.64. The number of Topliss-reactive ketones (excluding diaryl/α,β-unsaturated/α-hetero) is 1. The first kappa shape index (κ1) is 20.2. The molecule has 158 valence electrons. The fraction of sp³-hybridized carbons (Fsp3) is 0.238. The van der Waals surface area contributed by atoms with Crippen LogP contribution < -0.4 is 5.73 Å². The van der Waals surface area contributed by atoms with Crippen molar-refractivity contribution in [2.24, 2.45) is 0 Å². The number of imidazole rings is 1. The van der Waals surface area contributed by atoms with Gasteiger partial charge in [0.1, 0.15) is 11.8 Å². The van der Waals surface area contributed by atoms with E-state index in [1.165, 1.54) is 6.33 Å². The quantitative estimate of drug-likeness (QED) is 0.208. The predicted molar refractivity (Wildman–Crippen MR) is 113 cm³/mol. The molecule has 0 aliphatic carbocycles. The number of nitrogens with zero attached hydrogens (tertiary/aromatic N) is 6. The van der Waals surface area contributed by atoms with Gasteiger partial charge in [0.25, 0.3) is 5.78 Å². The molecule has 0 aliphatic heterocycles. The number of ether oxygens (including phenoxy) is 1. The largest absolute Gasteiger partial charge is 0.460 e. The van der Waals surface area contributed by atoms with Gasteiger partial charge in [0.2, 0.25) is 0 Å². The molecule has 1 aromatic carbocycles. The van der Waals surface area contributed by atoms with Crippen LogP contribution in [0.3, 0.4) is 0 Å². The number of hydrogen-bond donors (Lipinski definition) is 1. The third-order valence-corrected chi connectivity index (χ3v) is 4.91. The van der Waals surface area contributed by atoms with E-state index in [2.05, 4.69) is 20.1 Å². The average molecular weight is 419 g/mol. The monoisotopic (exact) mass is 419 g/mol. The van der Waals surface area contributed by atoms with Gasteiger partial charge < -0.3 is 15.0 Å². The second kappa shape index (κ2) is 8.34. The van der Waals surface area contributed by atoms with Gasteiger partial charge in [-0.3, -0.25) is 4.79 Å². The maximum Gasteiger partial charge on any atom is 0.379 e. The Hall–Kier alpha value is -4.08. The van der Waals surface area contributed by atoms with Crippen molar-refractivity contribution in [3.63, 3.8) is 0 Å². The Morgan fingerprint density at radius 2 is 1.87 bits per heavy atom. The van der Waals surface area contributed by atoms with Crippen LogP contribution in [0.2, 0.25) is 0 Å². The standard InChI is InChI=1S/C21H21N7O3/c1-13-16(14(2)28(26-13)15-7-4-3-5-8-15)18(29)21(30)31-10-6-9-27-12-25-17-19(22)23-11-24-20(17)27/h3-5,7-8,11-12H,6,9-10H2,1-2H3,(H2,22,23,24). The highest BCUT2D eigenvalue weighted by molar-refractivity contribution is 6.41. The van der Waals surface area contributed by atoms with Gasteiger partial charge >= 0.3 is 5.97 Å². The molecule has 0 fully saturated rings. The van der Waals surface area contributed by atoms with E-state index in [4.69, 9.17) is 10.5 Å². The molecule has 0 unspecified atom stereocenters. The maximum atomic E-state index is 12.7. The maximum absolute atomic E-state index is 12.7. The number of hydrogen-bond acceptors (Lipinski definition) is 8. The van der Waals surface area contributed by atoms with Crippen molar-refractivity contribution in [3.8, 4) is 5.69 Å². The molecule has 2 N–H and O–H groups in total. The van der Waals surface area contributed by atoms with Crippen LogP contribution in [0.4, 0.5) is 5.82 Å². The number of carbonyl (C=O) groups excluding carboxylic acids is 2. The molecule has 0 radical (unpaired) electrons. The number of para-hydroxylation sites is 1. The van der Waals surface area contributed by atoms with Crippen LogP contribution in [0.15, 0.2) is 43.0 Å². The van der Waals surface area contributed by atoms with Gasteiger partial charge in [0.15, 0.2) is 11.5 Å². The molecule has 10 nitrogen and oxygen atoms in total. The second-order valence-corrected chi connectivity index (χ2v) is 6.98. The van der Waals surface area contributed by atoms with Crippen LogP contribution in [-0.4, -0.2) is 47.7 Å². The lowest BCUT2D eigenvalue weighted by atomic mass is 10.1. The summed E-state index contributed by atoms with van der Waals surface area (Å²) in [6.07, 6.45) is 3.46. The van der Waals surface area contributed by atoms with Gasteiger partial charge in [-0.1, -0.05) is 18.2 Å².